The van der Waals surface area contributed by atoms with Crippen LogP contribution in [0.1, 0.15) is 32.3 Å². The summed E-state index contributed by atoms with van der Waals surface area (Å²) in [6.07, 6.45) is 2.08. The Balaban J connectivity index is 1.50. The van der Waals surface area contributed by atoms with Crippen molar-refractivity contribution in [2.45, 2.75) is 44.8 Å². The molecule has 0 spiro atoms. The van der Waals surface area contributed by atoms with Crippen molar-refractivity contribution in [3.05, 3.63) is 66.2 Å². The summed E-state index contributed by atoms with van der Waals surface area (Å²) in [5, 5.41) is 0. The van der Waals surface area contributed by atoms with Gasteiger partial charge in [0.2, 0.25) is 5.91 Å². The molecule has 0 saturated carbocycles. The molecular weight excluding hydrogens is 338 g/mol. The quantitative estimate of drug-likeness (QED) is 0.692. The Morgan fingerprint density at radius 2 is 1.78 bits per heavy atom. The van der Waals surface area contributed by atoms with Crippen molar-refractivity contribution in [1.82, 2.24) is 4.90 Å². The number of para-hydroxylation sites is 1. The van der Waals surface area contributed by atoms with E-state index in [4.69, 9.17) is 9.47 Å². The molecule has 1 aliphatic rings. The van der Waals surface area contributed by atoms with E-state index in [9.17, 15) is 4.79 Å². The molecule has 1 unspecified atom stereocenters. The zero-order valence-corrected chi connectivity index (χ0v) is 16.3. The van der Waals surface area contributed by atoms with Gasteiger partial charge in [-0.3, -0.25) is 4.79 Å². The molecule has 0 aromatic heterocycles. The number of carbonyl (C=O) groups is 1. The van der Waals surface area contributed by atoms with E-state index in [1.54, 1.807) is 0 Å². The predicted octanol–water partition coefficient (Wildman–Crippen LogP) is 4.09. The Kier molecular flexibility index (Phi) is 6.51. The minimum absolute atomic E-state index is 0.0462. The van der Waals surface area contributed by atoms with Crippen LogP contribution in [0, 0.1) is 0 Å². The highest BCUT2D eigenvalue weighted by Crippen LogP contribution is 2.25. The standard InChI is InChI=1S/C23H29NO3/c1-23(2)18-27-21(16-19-10-5-3-6-11-19)17-24(23)22(25)14-9-15-26-20-12-7-4-8-13-20/h3-8,10-13,21H,9,14-18H2,1-2H3. The average molecular weight is 367 g/mol. The van der Waals surface area contributed by atoms with Crippen molar-refractivity contribution in [1.29, 1.82) is 0 Å². The first-order valence-corrected chi connectivity index (χ1v) is 9.68. The molecule has 2 aromatic rings. The van der Waals surface area contributed by atoms with E-state index in [1.165, 1.54) is 5.56 Å². The van der Waals surface area contributed by atoms with Crippen LogP contribution in [-0.4, -0.2) is 42.2 Å². The molecule has 1 amide bonds. The number of amides is 1. The van der Waals surface area contributed by atoms with Gasteiger partial charge in [0.15, 0.2) is 0 Å². The number of rotatable bonds is 7. The van der Waals surface area contributed by atoms with Gasteiger partial charge in [-0.2, -0.15) is 0 Å². The van der Waals surface area contributed by atoms with Crippen LogP contribution in [0.4, 0.5) is 0 Å². The summed E-state index contributed by atoms with van der Waals surface area (Å²) in [6.45, 7) is 5.90. The lowest BCUT2D eigenvalue weighted by Crippen LogP contribution is -2.58. The molecule has 1 atom stereocenters. The van der Waals surface area contributed by atoms with Crippen molar-refractivity contribution < 1.29 is 14.3 Å². The second-order valence-corrected chi connectivity index (χ2v) is 7.70. The highest BCUT2D eigenvalue weighted by molar-refractivity contribution is 5.77. The molecule has 0 aliphatic carbocycles. The van der Waals surface area contributed by atoms with Crippen molar-refractivity contribution >= 4 is 5.91 Å². The van der Waals surface area contributed by atoms with Crippen LogP contribution < -0.4 is 4.74 Å². The summed E-state index contributed by atoms with van der Waals surface area (Å²) in [5.41, 5.74) is 0.968. The van der Waals surface area contributed by atoms with Crippen LogP contribution in [0.5, 0.6) is 5.75 Å². The molecule has 0 N–H and O–H groups in total. The van der Waals surface area contributed by atoms with Crippen LogP contribution in [0.25, 0.3) is 0 Å². The first kappa shape index (κ1) is 19.4. The first-order chi connectivity index (χ1) is 13.0. The highest BCUT2D eigenvalue weighted by Gasteiger charge is 2.37. The maximum absolute atomic E-state index is 12.8. The van der Waals surface area contributed by atoms with E-state index in [0.29, 0.717) is 32.6 Å². The molecule has 2 aromatic carbocycles. The Bertz CT molecular complexity index is 715. The molecule has 27 heavy (non-hydrogen) atoms. The number of morpholine rings is 1. The van der Waals surface area contributed by atoms with Crippen molar-refractivity contribution in [2.75, 3.05) is 19.8 Å². The summed E-state index contributed by atoms with van der Waals surface area (Å²) in [6, 6.07) is 20.0. The zero-order chi connectivity index (χ0) is 19.1. The van der Waals surface area contributed by atoms with Crippen LogP contribution in [0.2, 0.25) is 0 Å². The number of hydrogen-bond acceptors (Lipinski definition) is 3. The monoisotopic (exact) mass is 367 g/mol. The number of hydrogen-bond donors (Lipinski definition) is 0. The molecule has 1 fully saturated rings. The van der Waals surface area contributed by atoms with Crippen molar-refractivity contribution in [3.8, 4) is 5.75 Å². The minimum Gasteiger partial charge on any atom is -0.494 e. The van der Waals surface area contributed by atoms with Crippen molar-refractivity contribution in [3.63, 3.8) is 0 Å². The first-order valence-electron chi connectivity index (χ1n) is 9.68. The largest absolute Gasteiger partial charge is 0.494 e. The molecule has 4 nitrogen and oxygen atoms in total. The average Bonchev–Trinajstić information content (AvgIpc) is 2.68. The van der Waals surface area contributed by atoms with Gasteiger partial charge in [-0.15, -0.1) is 0 Å². The normalized spacial score (nSPS) is 18.9. The smallest absolute Gasteiger partial charge is 0.223 e. The van der Waals surface area contributed by atoms with Gasteiger partial charge in [0.25, 0.3) is 0 Å². The van der Waals surface area contributed by atoms with Gasteiger partial charge in [-0.25, -0.2) is 0 Å². The lowest BCUT2D eigenvalue weighted by atomic mass is 9.97. The summed E-state index contributed by atoms with van der Waals surface area (Å²) in [4.78, 5) is 14.8. The Morgan fingerprint density at radius 3 is 2.48 bits per heavy atom. The van der Waals surface area contributed by atoms with Crippen LogP contribution >= 0.6 is 0 Å². The summed E-state index contributed by atoms with van der Waals surface area (Å²) >= 11 is 0. The molecule has 1 heterocycles. The molecular formula is C23H29NO3. The van der Waals surface area contributed by atoms with Gasteiger partial charge in [-0.05, 0) is 38.0 Å². The van der Waals surface area contributed by atoms with Gasteiger partial charge >= 0.3 is 0 Å². The van der Waals surface area contributed by atoms with Crippen LogP contribution in [0.15, 0.2) is 60.7 Å². The summed E-state index contributed by atoms with van der Waals surface area (Å²) in [7, 11) is 0. The molecule has 144 valence electrons. The summed E-state index contributed by atoms with van der Waals surface area (Å²) in [5.74, 6) is 1.03. The Morgan fingerprint density at radius 1 is 1.11 bits per heavy atom. The fourth-order valence-corrected chi connectivity index (χ4v) is 3.41. The Labute approximate surface area is 162 Å². The second kappa shape index (κ2) is 9.05. The number of carbonyl (C=O) groups excluding carboxylic acids is 1. The fourth-order valence-electron chi connectivity index (χ4n) is 3.41. The predicted molar refractivity (Wildman–Crippen MR) is 107 cm³/mol. The van der Waals surface area contributed by atoms with E-state index in [0.717, 1.165) is 12.2 Å². The maximum Gasteiger partial charge on any atom is 0.223 e. The van der Waals surface area contributed by atoms with E-state index >= 15 is 0 Å². The molecule has 0 bridgehead atoms. The third-order valence-corrected chi connectivity index (χ3v) is 4.94. The zero-order valence-electron chi connectivity index (χ0n) is 16.3. The lowest BCUT2D eigenvalue weighted by molar-refractivity contribution is -0.154. The third kappa shape index (κ3) is 5.57. The number of nitrogens with zero attached hydrogens (tertiary/aromatic N) is 1. The molecule has 0 radical (unpaired) electrons. The Hall–Kier alpha value is -2.33. The third-order valence-electron chi connectivity index (χ3n) is 4.94. The van der Waals surface area contributed by atoms with Gasteiger partial charge in [0.05, 0.1) is 24.9 Å². The van der Waals surface area contributed by atoms with Crippen LogP contribution in [-0.2, 0) is 16.0 Å². The maximum atomic E-state index is 12.8. The van der Waals surface area contributed by atoms with E-state index in [-0.39, 0.29) is 17.6 Å². The minimum atomic E-state index is -0.273. The fraction of sp³-hybridized carbons (Fsp3) is 0.435. The van der Waals surface area contributed by atoms with Gasteiger partial charge in [0.1, 0.15) is 5.75 Å². The molecule has 1 aliphatic heterocycles. The van der Waals surface area contributed by atoms with E-state index in [2.05, 4.69) is 26.0 Å². The summed E-state index contributed by atoms with van der Waals surface area (Å²) < 4.78 is 11.7. The number of ether oxygens (including phenoxy) is 2. The molecule has 3 rings (SSSR count). The molecule has 1 saturated heterocycles. The molecule has 4 heteroatoms. The SMILES string of the molecule is CC1(C)COC(Cc2ccccc2)CN1C(=O)CCCOc1ccccc1. The van der Waals surface area contributed by atoms with Gasteiger partial charge in [0, 0.05) is 19.4 Å². The second-order valence-electron chi connectivity index (χ2n) is 7.70. The number of benzene rings is 2. The van der Waals surface area contributed by atoms with E-state index < -0.39 is 0 Å². The van der Waals surface area contributed by atoms with Gasteiger partial charge < -0.3 is 14.4 Å². The van der Waals surface area contributed by atoms with Crippen LogP contribution in [0.3, 0.4) is 0 Å². The highest BCUT2D eigenvalue weighted by atomic mass is 16.5. The lowest BCUT2D eigenvalue weighted by Gasteiger charge is -2.45. The van der Waals surface area contributed by atoms with Crippen molar-refractivity contribution in [2.24, 2.45) is 0 Å². The van der Waals surface area contributed by atoms with Gasteiger partial charge in [-0.1, -0.05) is 48.5 Å². The topological polar surface area (TPSA) is 38.8 Å². The van der Waals surface area contributed by atoms with E-state index in [1.807, 2.05) is 53.4 Å².